The van der Waals surface area contributed by atoms with Crippen LogP contribution in [0.4, 0.5) is 10.3 Å². The van der Waals surface area contributed by atoms with Crippen LogP contribution in [0, 0.1) is 11.2 Å². The van der Waals surface area contributed by atoms with Crippen molar-refractivity contribution in [2.45, 2.75) is 78.2 Å². The molecule has 1 fully saturated rings. The Kier molecular flexibility index (Phi) is 3.01. The van der Waals surface area contributed by atoms with E-state index in [9.17, 15) is 14.3 Å². The first-order valence-corrected chi connectivity index (χ1v) is 8.95. The minimum atomic E-state index is -3.34. The summed E-state index contributed by atoms with van der Waals surface area (Å²) in [6, 6.07) is 2.57. The molecule has 0 atom stereocenters. The van der Waals surface area contributed by atoms with E-state index in [4.69, 9.17) is 11.0 Å². The molecule has 1 aromatic heterocycles. The van der Waals surface area contributed by atoms with Crippen LogP contribution in [0.1, 0.15) is 89.1 Å². The molecule has 27 heavy (non-hydrogen) atoms. The number of amides is 1. The Labute approximate surface area is 171 Å². The predicted octanol–water partition coefficient (Wildman–Crippen LogP) is 4.89. The molecule has 5 nitrogen and oxygen atoms in total. The number of nitrogens with zero attached hydrogens (tertiary/aromatic N) is 2. The van der Waals surface area contributed by atoms with Gasteiger partial charge in [-0.05, 0) is 56.2 Å². The number of aliphatic hydroxyl groups is 1. The maximum atomic E-state index is 14.9. The van der Waals surface area contributed by atoms with Gasteiger partial charge in [0.2, 0.25) is 11.9 Å². The van der Waals surface area contributed by atoms with E-state index in [1.807, 2.05) is 0 Å². The van der Waals surface area contributed by atoms with Crippen LogP contribution in [0.25, 0.3) is 11.0 Å². The summed E-state index contributed by atoms with van der Waals surface area (Å²) >= 11 is 0. The van der Waals surface area contributed by atoms with E-state index >= 15 is 0 Å². The van der Waals surface area contributed by atoms with Crippen molar-refractivity contribution >= 4 is 22.9 Å². The Hall–Kier alpha value is -1.95. The van der Waals surface area contributed by atoms with Crippen molar-refractivity contribution in [3.05, 3.63) is 23.5 Å². The number of carbonyl (C=O) groups is 1. The normalized spacial score (nSPS) is 21.7. The van der Waals surface area contributed by atoms with Crippen molar-refractivity contribution < 1.29 is 25.3 Å². The van der Waals surface area contributed by atoms with Crippen LogP contribution < -0.4 is 5.32 Å². The first kappa shape index (κ1) is 11.8. The molecule has 148 valence electrons. The fraction of sp³-hybridized carbons (Fsp3) is 0.619. The van der Waals surface area contributed by atoms with Crippen LogP contribution in [-0.2, 0) is 10.4 Å². The molecule has 1 heterocycles. The fourth-order valence-corrected chi connectivity index (χ4v) is 3.11. The number of fused-ring (bicyclic) bond motifs is 1. The van der Waals surface area contributed by atoms with Gasteiger partial charge in [0.25, 0.3) is 0 Å². The van der Waals surface area contributed by atoms with Gasteiger partial charge in [-0.15, -0.1) is 0 Å². The molecule has 2 aromatic rings. The van der Waals surface area contributed by atoms with Crippen molar-refractivity contribution in [2.75, 3.05) is 5.32 Å². The third kappa shape index (κ3) is 4.00. The van der Waals surface area contributed by atoms with Gasteiger partial charge in [0, 0.05) is 23.4 Å². The minimum absolute atomic E-state index is 0.0658. The van der Waals surface area contributed by atoms with Gasteiger partial charge >= 0.3 is 0 Å². The molecule has 1 amide bonds. The molecule has 1 aromatic carbocycles. The number of aromatic nitrogens is 2. The number of hydrogen-bond donors (Lipinski definition) is 2. The summed E-state index contributed by atoms with van der Waals surface area (Å²) in [6.45, 7) is -2.84. The van der Waals surface area contributed by atoms with Crippen LogP contribution in [0.5, 0.6) is 0 Å². The SMILES string of the molecule is [2H]C([2H])([2H])C(CC(=O)Nc1nc2c(F)cc(C(C)(C)O)cc2n1C1CCC1)(C([2H])([2H])[2H])C([2H])([2H])C. The van der Waals surface area contributed by atoms with E-state index in [2.05, 4.69) is 10.3 Å². The van der Waals surface area contributed by atoms with Gasteiger partial charge in [-0.25, -0.2) is 9.37 Å². The van der Waals surface area contributed by atoms with Gasteiger partial charge in [0.15, 0.2) is 5.82 Å². The molecule has 0 spiro atoms. The smallest absolute Gasteiger partial charge is 0.227 e. The highest BCUT2D eigenvalue weighted by Gasteiger charge is 2.29. The van der Waals surface area contributed by atoms with Crippen molar-refractivity contribution in [3.63, 3.8) is 0 Å². The van der Waals surface area contributed by atoms with Crippen molar-refractivity contribution in [1.29, 1.82) is 0 Å². The molecular formula is C21H30FN3O2. The van der Waals surface area contributed by atoms with Gasteiger partial charge in [-0.3, -0.25) is 10.1 Å². The van der Waals surface area contributed by atoms with Gasteiger partial charge in [0.05, 0.1) is 11.1 Å². The lowest BCUT2D eigenvalue weighted by atomic mass is 9.86. The average Bonchev–Trinajstić information content (AvgIpc) is 2.93. The summed E-state index contributed by atoms with van der Waals surface area (Å²) in [5, 5.41) is 12.8. The molecule has 6 heteroatoms. The number of benzene rings is 1. The van der Waals surface area contributed by atoms with Crippen LogP contribution in [0.15, 0.2) is 12.1 Å². The molecule has 1 aliphatic carbocycles. The Morgan fingerprint density at radius 3 is 2.70 bits per heavy atom. The monoisotopic (exact) mass is 383 g/mol. The molecule has 0 unspecified atom stereocenters. The number of halogens is 1. The minimum Gasteiger partial charge on any atom is -0.386 e. The van der Waals surface area contributed by atoms with Gasteiger partial charge in [-0.1, -0.05) is 27.0 Å². The van der Waals surface area contributed by atoms with Crippen molar-refractivity contribution in [3.8, 4) is 0 Å². The van der Waals surface area contributed by atoms with E-state index in [0.717, 1.165) is 19.4 Å². The maximum absolute atomic E-state index is 14.9. The second kappa shape index (κ2) is 6.89. The van der Waals surface area contributed by atoms with E-state index in [1.165, 1.54) is 13.8 Å². The zero-order valence-corrected chi connectivity index (χ0v) is 15.7. The summed E-state index contributed by atoms with van der Waals surface area (Å²) in [4.78, 5) is 17.3. The summed E-state index contributed by atoms with van der Waals surface area (Å²) in [7, 11) is 0. The second-order valence-electron chi connectivity index (χ2n) is 7.66. The standard InChI is InChI=1S/C21H30FN3O2/c1-6-20(2,3)12-17(26)23-19-24-18-15(22)10-13(21(4,5)27)11-16(18)25(19)14-8-7-9-14/h10-11,14,27H,6-9,12H2,1-5H3,(H,23,24,26)/i2D3,3D3,6D2. The van der Waals surface area contributed by atoms with E-state index in [1.54, 1.807) is 10.6 Å². The number of carbonyl (C=O) groups excluding carboxylic acids is 1. The zero-order chi connectivity index (χ0) is 26.8. The Bertz CT molecular complexity index is 1090. The molecule has 1 aliphatic rings. The number of rotatable bonds is 6. The van der Waals surface area contributed by atoms with E-state index in [-0.39, 0.29) is 17.5 Å². The molecule has 0 bridgehead atoms. The zero-order valence-electron chi connectivity index (χ0n) is 23.7. The Morgan fingerprint density at radius 1 is 1.48 bits per heavy atom. The lowest BCUT2D eigenvalue weighted by Gasteiger charge is -2.29. The summed E-state index contributed by atoms with van der Waals surface area (Å²) in [5.41, 5.74) is -3.79. The van der Waals surface area contributed by atoms with Gasteiger partial charge < -0.3 is 9.67 Å². The van der Waals surface area contributed by atoms with Crippen molar-refractivity contribution in [2.24, 2.45) is 5.41 Å². The van der Waals surface area contributed by atoms with Crippen LogP contribution in [0.2, 0.25) is 0 Å². The topological polar surface area (TPSA) is 67.2 Å². The maximum Gasteiger partial charge on any atom is 0.227 e. The van der Waals surface area contributed by atoms with Gasteiger partial charge in [0.1, 0.15) is 5.52 Å². The van der Waals surface area contributed by atoms with Gasteiger partial charge in [-0.2, -0.15) is 0 Å². The van der Waals surface area contributed by atoms with Crippen LogP contribution in [0.3, 0.4) is 0 Å². The number of imidazole rings is 1. The molecule has 3 rings (SSSR count). The molecule has 0 aliphatic heterocycles. The Balaban J connectivity index is 2.10. The summed E-state index contributed by atoms with van der Waals surface area (Å²) < 4.78 is 79.6. The van der Waals surface area contributed by atoms with Crippen LogP contribution >= 0.6 is 0 Å². The fourth-order valence-electron chi connectivity index (χ4n) is 3.11. The lowest BCUT2D eigenvalue weighted by molar-refractivity contribution is -0.118. The molecule has 1 saturated carbocycles. The highest BCUT2D eigenvalue weighted by molar-refractivity contribution is 5.92. The Morgan fingerprint density at radius 2 is 2.19 bits per heavy atom. The highest BCUT2D eigenvalue weighted by Crippen LogP contribution is 2.39. The molecule has 0 radical (unpaired) electrons. The lowest BCUT2D eigenvalue weighted by Crippen LogP contribution is -2.25. The highest BCUT2D eigenvalue weighted by atomic mass is 19.1. The average molecular weight is 384 g/mol. The third-order valence-electron chi connectivity index (χ3n) is 5.00. The molecular weight excluding hydrogens is 345 g/mol. The molecule has 2 N–H and O–H groups in total. The summed E-state index contributed by atoms with van der Waals surface area (Å²) in [5.74, 6) is -1.89. The largest absolute Gasteiger partial charge is 0.386 e. The van der Waals surface area contributed by atoms with Crippen LogP contribution in [-0.4, -0.2) is 20.6 Å². The number of anilines is 1. The first-order chi connectivity index (χ1) is 15.7. The number of nitrogens with one attached hydrogen (secondary N) is 1. The second-order valence-corrected chi connectivity index (χ2v) is 7.66. The first-order valence-electron chi connectivity index (χ1n) is 12.9. The quantitative estimate of drug-likeness (QED) is 0.746. The van der Waals surface area contributed by atoms with E-state index < -0.39 is 49.2 Å². The van der Waals surface area contributed by atoms with Crippen molar-refractivity contribution in [1.82, 2.24) is 9.55 Å². The van der Waals surface area contributed by atoms with E-state index in [0.29, 0.717) is 23.9 Å². The third-order valence-corrected chi connectivity index (χ3v) is 5.00. The predicted molar refractivity (Wildman–Crippen MR) is 105 cm³/mol. The molecule has 0 saturated heterocycles. The summed E-state index contributed by atoms with van der Waals surface area (Å²) in [6.07, 6.45) is -1.62. The number of hydrogen-bond acceptors (Lipinski definition) is 3.